The van der Waals surface area contributed by atoms with Crippen LogP contribution in [0.5, 0.6) is 0 Å². The zero-order chi connectivity index (χ0) is 11.4. The Labute approximate surface area is 96.3 Å². The lowest BCUT2D eigenvalue weighted by molar-refractivity contribution is 0.429. The van der Waals surface area contributed by atoms with E-state index in [-0.39, 0.29) is 6.04 Å². The predicted molar refractivity (Wildman–Crippen MR) is 65.4 cm³/mol. The van der Waals surface area contributed by atoms with Crippen molar-refractivity contribution in [2.75, 3.05) is 7.05 Å². The lowest BCUT2D eigenvalue weighted by Gasteiger charge is -2.13. The molecule has 2 nitrogen and oxygen atoms in total. The molecule has 0 amide bonds. The van der Waals surface area contributed by atoms with Gasteiger partial charge >= 0.3 is 0 Å². The molecule has 0 fully saturated rings. The maximum atomic E-state index is 5.42. The van der Waals surface area contributed by atoms with Gasteiger partial charge in [-0.15, -0.1) is 0 Å². The molecule has 2 rings (SSSR count). The molecule has 2 aromatic rings. The zero-order valence-electron chi connectivity index (χ0n) is 9.73. The van der Waals surface area contributed by atoms with Gasteiger partial charge in [0.15, 0.2) is 0 Å². The summed E-state index contributed by atoms with van der Waals surface area (Å²) in [5.74, 6) is 0.989. The summed E-state index contributed by atoms with van der Waals surface area (Å²) in [5, 5.41) is 3.27. The fraction of sp³-hybridized carbons (Fsp3) is 0.286. The minimum Gasteiger partial charge on any atom is -0.468 e. The normalized spacial score (nSPS) is 12.6. The summed E-state index contributed by atoms with van der Waals surface area (Å²) in [4.78, 5) is 0. The second-order valence-electron chi connectivity index (χ2n) is 4.05. The summed E-state index contributed by atoms with van der Waals surface area (Å²) in [6, 6.07) is 12.8. The van der Waals surface area contributed by atoms with E-state index in [9.17, 15) is 0 Å². The Kier molecular flexibility index (Phi) is 3.42. The van der Waals surface area contributed by atoms with Gasteiger partial charge in [0.2, 0.25) is 0 Å². The van der Waals surface area contributed by atoms with Crippen molar-refractivity contribution in [3.05, 3.63) is 59.5 Å². The third-order valence-corrected chi connectivity index (χ3v) is 2.80. The number of nitrogens with one attached hydrogen (secondary N) is 1. The maximum absolute atomic E-state index is 5.42. The minimum atomic E-state index is 0.248. The number of furan rings is 1. The Morgan fingerprint density at radius 1 is 1.19 bits per heavy atom. The van der Waals surface area contributed by atoms with Gasteiger partial charge in [0, 0.05) is 0 Å². The first-order valence-corrected chi connectivity index (χ1v) is 5.56. The largest absolute Gasteiger partial charge is 0.468 e. The first kappa shape index (κ1) is 11.0. The molecule has 84 valence electrons. The number of hydrogen-bond acceptors (Lipinski definition) is 2. The van der Waals surface area contributed by atoms with Crippen LogP contribution in [0.15, 0.2) is 47.1 Å². The van der Waals surface area contributed by atoms with Gasteiger partial charge in [-0.25, -0.2) is 0 Å². The van der Waals surface area contributed by atoms with Crippen LogP contribution in [0.3, 0.4) is 0 Å². The zero-order valence-corrected chi connectivity index (χ0v) is 9.73. The number of hydrogen-bond donors (Lipinski definition) is 1. The molecule has 0 aliphatic heterocycles. The Morgan fingerprint density at radius 3 is 2.50 bits per heavy atom. The molecule has 1 aromatic carbocycles. The number of benzene rings is 1. The highest BCUT2D eigenvalue weighted by atomic mass is 16.3. The van der Waals surface area contributed by atoms with Crippen LogP contribution >= 0.6 is 0 Å². The second-order valence-corrected chi connectivity index (χ2v) is 4.05. The van der Waals surface area contributed by atoms with Crippen LogP contribution in [0.1, 0.15) is 22.9 Å². The Balaban J connectivity index is 2.10. The summed E-state index contributed by atoms with van der Waals surface area (Å²) < 4.78 is 5.42. The van der Waals surface area contributed by atoms with Crippen molar-refractivity contribution in [2.24, 2.45) is 0 Å². The van der Waals surface area contributed by atoms with E-state index < -0.39 is 0 Å². The molecule has 0 aliphatic rings. The maximum Gasteiger partial charge on any atom is 0.121 e. The fourth-order valence-corrected chi connectivity index (χ4v) is 1.79. The van der Waals surface area contributed by atoms with E-state index in [4.69, 9.17) is 4.42 Å². The summed E-state index contributed by atoms with van der Waals surface area (Å²) in [6.45, 7) is 2.10. The van der Waals surface area contributed by atoms with E-state index in [1.54, 1.807) is 6.26 Å². The van der Waals surface area contributed by atoms with Crippen LogP contribution in [0.2, 0.25) is 0 Å². The van der Waals surface area contributed by atoms with Crippen LogP contribution in [0.4, 0.5) is 0 Å². The molecular weight excluding hydrogens is 198 g/mol. The monoisotopic (exact) mass is 215 g/mol. The number of likely N-dealkylation sites (N-methyl/N-ethyl adjacent to an activating group) is 1. The van der Waals surface area contributed by atoms with Crippen molar-refractivity contribution in [3.63, 3.8) is 0 Å². The Bertz CT molecular complexity index is 417. The molecule has 0 saturated heterocycles. The standard InChI is InChI=1S/C14H17NO/c1-11-5-7-12(8-6-11)10-13(15-2)14-4-3-9-16-14/h3-9,13,15H,10H2,1-2H3. The van der Waals surface area contributed by atoms with Crippen molar-refractivity contribution >= 4 is 0 Å². The lowest BCUT2D eigenvalue weighted by atomic mass is 10.0. The van der Waals surface area contributed by atoms with Crippen molar-refractivity contribution in [3.8, 4) is 0 Å². The van der Waals surface area contributed by atoms with E-state index in [1.165, 1.54) is 11.1 Å². The summed E-state index contributed by atoms with van der Waals surface area (Å²) >= 11 is 0. The number of rotatable bonds is 4. The molecule has 0 bridgehead atoms. The van der Waals surface area contributed by atoms with Crippen LogP contribution < -0.4 is 5.32 Å². The van der Waals surface area contributed by atoms with Crippen LogP contribution in [0, 0.1) is 6.92 Å². The Morgan fingerprint density at radius 2 is 1.94 bits per heavy atom. The van der Waals surface area contributed by atoms with Crippen LogP contribution in [-0.2, 0) is 6.42 Å². The van der Waals surface area contributed by atoms with Gasteiger partial charge in [0.05, 0.1) is 12.3 Å². The number of aryl methyl sites for hydroxylation is 1. The lowest BCUT2D eigenvalue weighted by Crippen LogP contribution is -2.18. The van der Waals surface area contributed by atoms with Gasteiger partial charge in [-0.1, -0.05) is 29.8 Å². The molecule has 0 spiro atoms. The highest BCUT2D eigenvalue weighted by Crippen LogP contribution is 2.18. The van der Waals surface area contributed by atoms with E-state index in [0.29, 0.717) is 0 Å². The molecule has 1 aromatic heterocycles. The smallest absolute Gasteiger partial charge is 0.121 e. The Hall–Kier alpha value is -1.54. The highest BCUT2D eigenvalue weighted by molar-refractivity contribution is 5.23. The van der Waals surface area contributed by atoms with Crippen LogP contribution in [0.25, 0.3) is 0 Å². The van der Waals surface area contributed by atoms with Gasteiger partial charge in [0.1, 0.15) is 5.76 Å². The molecule has 1 atom stereocenters. The third-order valence-electron chi connectivity index (χ3n) is 2.80. The molecule has 16 heavy (non-hydrogen) atoms. The summed E-state index contributed by atoms with van der Waals surface area (Å²) in [5.41, 5.74) is 2.61. The van der Waals surface area contributed by atoms with E-state index in [2.05, 4.69) is 36.5 Å². The molecule has 0 saturated carbocycles. The average Bonchev–Trinajstić information content (AvgIpc) is 2.82. The summed E-state index contributed by atoms with van der Waals surface area (Å²) in [7, 11) is 1.96. The van der Waals surface area contributed by atoms with Gasteiger partial charge in [-0.2, -0.15) is 0 Å². The van der Waals surface area contributed by atoms with Crippen LogP contribution in [-0.4, -0.2) is 7.05 Å². The van der Waals surface area contributed by atoms with E-state index in [0.717, 1.165) is 12.2 Å². The second kappa shape index (κ2) is 4.99. The van der Waals surface area contributed by atoms with Crippen molar-refractivity contribution < 1.29 is 4.42 Å². The fourth-order valence-electron chi connectivity index (χ4n) is 1.79. The minimum absolute atomic E-state index is 0.248. The molecule has 1 heterocycles. The van der Waals surface area contributed by atoms with Crippen molar-refractivity contribution in [1.82, 2.24) is 5.32 Å². The molecule has 1 unspecified atom stereocenters. The van der Waals surface area contributed by atoms with Gasteiger partial charge in [-0.05, 0) is 38.1 Å². The topological polar surface area (TPSA) is 25.2 Å². The van der Waals surface area contributed by atoms with E-state index >= 15 is 0 Å². The third kappa shape index (κ3) is 2.52. The SMILES string of the molecule is CNC(Cc1ccc(C)cc1)c1ccco1. The van der Waals surface area contributed by atoms with Crippen molar-refractivity contribution in [2.45, 2.75) is 19.4 Å². The predicted octanol–water partition coefficient (Wildman–Crippen LogP) is 3.09. The summed E-state index contributed by atoms with van der Waals surface area (Å²) in [6.07, 6.45) is 2.67. The van der Waals surface area contributed by atoms with Crippen molar-refractivity contribution in [1.29, 1.82) is 0 Å². The first-order valence-electron chi connectivity index (χ1n) is 5.56. The first-order chi connectivity index (χ1) is 7.79. The van der Waals surface area contributed by atoms with Gasteiger partial charge < -0.3 is 9.73 Å². The molecule has 1 N–H and O–H groups in total. The molecule has 0 aliphatic carbocycles. The molecule has 0 radical (unpaired) electrons. The average molecular weight is 215 g/mol. The molecule has 2 heteroatoms. The van der Waals surface area contributed by atoms with E-state index in [1.807, 2.05) is 19.2 Å². The van der Waals surface area contributed by atoms with Gasteiger partial charge in [-0.3, -0.25) is 0 Å². The van der Waals surface area contributed by atoms with Gasteiger partial charge in [0.25, 0.3) is 0 Å². The highest BCUT2D eigenvalue weighted by Gasteiger charge is 2.12. The molecular formula is C14H17NO. The quantitative estimate of drug-likeness (QED) is 0.847.